The summed E-state index contributed by atoms with van der Waals surface area (Å²) in [5.74, 6) is 0. The van der Waals surface area contributed by atoms with E-state index in [0.29, 0.717) is 0 Å². The topological polar surface area (TPSA) is 31.6 Å². The van der Waals surface area contributed by atoms with Crippen LogP contribution in [0.3, 0.4) is 0 Å². The summed E-state index contributed by atoms with van der Waals surface area (Å²) in [6.07, 6.45) is 5.05. The first-order valence-electron chi connectivity index (χ1n) is 7.58. The second kappa shape index (κ2) is 4.17. The molecule has 0 spiro atoms. The number of allylic oxidation sites excluding steroid dienone is 1. The summed E-state index contributed by atoms with van der Waals surface area (Å²) in [7, 11) is 0. The molecule has 0 radical (unpaired) electrons. The van der Waals surface area contributed by atoms with Gasteiger partial charge in [-0.05, 0) is 37.1 Å². The molecule has 2 heterocycles. The number of fused-ring (bicyclic) bond motifs is 7. The number of alkyl halides is 1. The van der Waals surface area contributed by atoms with Crippen molar-refractivity contribution >= 4 is 50.4 Å². The summed E-state index contributed by atoms with van der Waals surface area (Å²) in [6, 6.07) is 11.0. The van der Waals surface area contributed by atoms with Crippen LogP contribution in [0.25, 0.3) is 38.8 Å². The first kappa shape index (κ1) is 12.4. The molecule has 0 fully saturated rings. The quantitative estimate of drug-likeness (QED) is 0.414. The number of H-pyrrole nitrogens is 2. The van der Waals surface area contributed by atoms with E-state index in [1.165, 1.54) is 49.5 Å². The lowest BCUT2D eigenvalue weighted by Crippen LogP contribution is -2.04. The van der Waals surface area contributed by atoms with Gasteiger partial charge in [0.1, 0.15) is 0 Å². The highest BCUT2D eigenvalue weighted by Gasteiger charge is 2.19. The third-order valence-electron chi connectivity index (χ3n) is 4.71. The smallest absolute Gasteiger partial charge is 0.0710 e. The number of aryl methyl sites for hydroxylation is 1. The summed E-state index contributed by atoms with van der Waals surface area (Å²) < 4.78 is 0. The van der Waals surface area contributed by atoms with Gasteiger partial charge in [0, 0.05) is 27.4 Å². The average molecular weight is 307 g/mol. The molecule has 1 aliphatic carbocycles. The Balaban J connectivity index is 1.93. The van der Waals surface area contributed by atoms with Crippen molar-refractivity contribution in [3.8, 4) is 0 Å². The third-order valence-corrected chi connectivity index (χ3v) is 5.01. The standard InChI is InChI=1S/C19H15ClN2/c1-10-2-6-16-14(8-10)12-4-5-13-15-9-11(20)3-7-17(15)22-19(13)18(12)21-16/h2-8,11,21-22H,9H2,1H3. The first-order chi connectivity index (χ1) is 10.7. The zero-order valence-electron chi connectivity index (χ0n) is 12.2. The van der Waals surface area contributed by atoms with Gasteiger partial charge in [-0.2, -0.15) is 0 Å². The second-order valence-corrected chi connectivity index (χ2v) is 6.74. The van der Waals surface area contributed by atoms with Crippen LogP contribution in [0.2, 0.25) is 0 Å². The highest BCUT2D eigenvalue weighted by Crippen LogP contribution is 2.36. The van der Waals surface area contributed by atoms with Gasteiger partial charge in [-0.25, -0.2) is 0 Å². The maximum absolute atomic E-state index is 6.29. The van der Waals surface area contributed by atoms with Crippen molar-refractivity contribution in [3.63, 3.8) is 0 Å². The van der Waals surface area contributed by atoms with E-state index in [2.05, 4.69) is 59.4 Å². The van der Waals surface area contributed by atoms with Gasteiger partial charge in [0.2, 0.25) is 0 Å². The van der Waals surface area contributed by atoms with Crippen LogP contribution in [0.15, 0.2) is 36.4 Å². The Kier molecular flexibility index (Phi) is 2.35. The van der Waals surface area contributed by atoms with E-state index in [1.807, 2.05) is 0 Å². The van der Waals surface area contributed by atoms with Crippen molar-refractivity contribution in [3.05, 3.63) is 53.2 Å². The number of aromatic nitrogens is 2. The van der Waals surface area contributed by atoms with Crippen LogP contribution in [0, 0.1) is 6.92 Å². The maximum Gasteiger partial charge on any atom is 0.0710 e. The largest absolute Gasteiger partial charge is 0.353 e. The molecule has 0 bridgehead atoms. The molecule has 0 aliphatic heterocycles. The zero-order chi connectivity index (χ0) is 14.8. The molecule has 2 N–H and O–H groups in total. The predicted molar refractivity (Wildman–Crippen MR) is 94.8 cm³/mol. The van der Waals surface area contributed by atoms with E-state index in [4.69, 9.17) is 11.6 Å². The molecule has 0 saturated heterocycles. The molecule has 5 rings (SSSR count). The number of hydrogen-bond acceptors (Lipinski definition) is 0. The fourth-order valence-corrected chi connectivity index (χ4v) is 3.87. The molecule has 2 aromatic heterocycles. The SMILES string of the molecule is Cc1ccc2[nH]c3c(ccc4c5c([nH]c43)C=CC(Cl)C5)c2c1. The number of benzene rings is 2. The van der Waals surface area contributed by atoms with Crippen molar-refractivity contribution in [1.29, 1.82) is 0 Å². The van der Waals surface area contributed by atoms with Crippen LogP contribution in [-0.2, 0) is 6.42 Å². The first-order valence-corrected chi connectivity index (χ1v) is 8.02. The second-order valence-electron chi connectivity index (χ2n) is 6.18. The fraction of sp³-hybridized carbons (Fsp3) is 0.158. The predicted octanol–water partition coefficient (Wildman–Crippen LogP) is 5.29. The highest BCUT2D eigenvalue weighted by atomic mass is 35.5. The van der Waals surface area contributed by atoms with E-state index in [0.717, 1.165) is 6.42 Å². The van der Waals surface area contributed by atoms with Gasteiger partial charge in [-0.3, -0.25) is 0 Å². The van der Waals surface area contributed by atoms with Gasteiger partial charge in [-0.15, -0.1) is 11.6 Å². The number of aromatic amines is 2. The lowest BCUT2D eigenvalue weighted by molar-refractivity contribution is 1.000. The third kappa shape index (κ3) is 1.56. The summed E-state index contributed by atoms with van der Waals surface area (Å²) in [5, 5.41) is 3.93. The lowest BCUT2D eigenvalue weighted by Gasteiger charge is -2.09. The molecular formula is C19H15ClN2. The van der Waals surface area contributed by atoms with E-state index >= 15 is 0 Å². The van der Waals surface area contributed by atoms with Gasteiger partial charge >= 0.3 is 0 Å². The monoisotopic (exact) mass is 306 g/mol. The number of rotatable bonds is 0. The van der Waals surface area contributed by atoms with Crippen molar-refractivity contribution in [1.82, 2.24) is 9.97 Å². The minimum atomic E-state index is 0.0903. The molecule has 4 aromatic rings. The van der Waals surface area contributed by atoms with Crippen LogP contribution in [-0.4, -0.2) is 15.3 Å². The normalized spacial score (nSPS) is 17.6. The average Bonchev–Trinajstić information content (AvgIpc) is 3.05. The Hall–Kier alpha value is -2.19. The van der Waals surface area contributed by atoms with Crippen LogP contribution >= 0.6 is 11.6 Å². The Morgan fingerprint density at radius 1 is 1.00 bits per heavy atom. The lowest BCUT2D eigenvalue weighted by atomic mass is 10.00. The van der Waals surface area contributed by atoms with Gasteiger partial charge in [-0.1, -0.05) is 29.8 Å². The summed E-state index contributed by atoms with van der Waals surface area (Å²) in [4.78, 5) is 7.16. The van der Waals surface area contributed by atoms with Crippen LogP contribution in [0.1, 0.15) is 16.8 Å². The Bertz CT molecular complexity index is 1080. The number of nitrogens with one attached hydrogen (secondary N) is 2. The molecule has 1 unspecified atom stereocenters. The summed E-state index contributed by atoms with van der Waals surface area (Å²) in [6.45, 7) is 2.13. The van der Waals surface area contributed by atoms with Gasteiger partial charge in [0.15, 0.2) is 0 Å². The van der Waals surface area contributed by atoms with Crippen LogP contribution in [0.4, 0.5) is 0 Å². The van der Waals surface area contributed by atoms with Gasteiger partial charge in [0.05, 0.1) is 16.4 Å². The van der Waals surface area contributed by atoms with Crippen molar-refractivity contribution in [2.75, 3.05) is 0 Å². The molecule has 0 amide bonds. The molecular weight excluding hydrogens is 292 g/mol. The van der Waals surface area contributed by atoms with Crippen molar-refractivity contribution in [2.24, 2.45) is 0 Å². The highest BCUT2D eigenvalue weighted by molar-refractivity contribution is 6.23. The van der Waals surface area contributed by atoms with Crippen LogP contribution in [0.5, 0.6) is 0 Å². The minimum Gasteiger partial charge on any atom is -0.353 e. The fourth-order valence-electron chi connectivity index (χ4n) is 3.64. The molecule has 22 heavy (non-hydrogen) atoms. The van der Waals surface area contributed by atoms with E-state index in [9.17, 15) is 0 Å². The van der Waals surface area contributed by atoms with Crippen LogP contribution < -0.4 is 0 Å². The molecule has 1 aliphatic rings. The number of halogens is 1. The molecule has 2 nitrogen and oxygen atoms in total. The molecule has 1 atom stereocenters. The summed E-state index contributed by atoms with van der Waals surface area (Å²) >= 11 is 6.29. The van der Waals surface area contributed by atoms with Gasteiger partial charge < -0.3 is 9.97 Å². The maximum atomic E-state index is 6.29. The minimum absolute atomic E-state index is 0.0903. The van der Waals surface area contributed by atoms with E-state index in [1.54, 1.807) is 0 Å². The van der Waals surface area contributed by atoms with E-state index < -0.39 is 0 Å². The summed E-state index contributed by atoms with van der Waals surface area (Å²) in [5.41, 5.74) is 7.36. The molecule has 2 aromatic carbocycles. The number of hydrogen-bond donors (Lipinski definition) is 2. The molecule has 0 saturated carbocycles. The Morgan fingerprint density at radius 2 is 1.82 bits per heavy atom. The molecule has 3 heteroatoms. The molecule has 108 valence electrons. The Labute approximate surface area is 132 Å². The Morgan fingerprint density at radius 3 is 2.73 bits per heavy atom. The van der Waals surface area contributed by atoms with E-state index in [-0.39, 0.29) is 5.38 Å². The van der Waals surface area contributed by atoms with Crippen molar-refractivity contribution < 1.29 is 0 Å². The van der Waals surface area contributed by atoms with Crippen molar-refractivity contribution in [2.45, 2.75) is 18.7 Å². The van der Waals surface area contributed by atoms with Gasteiger partial charge in [0.25, 0.3) is 0 Å². The zero-order valence-corrected chi connectivity index (χ0v) is 13.0.